The van der Waals surface area contributed by atoms with Gasteiger partial charge in [-0.05, 0) is 44.0 Å². The van der Waals surface area contributed by atoms with Gasteiger partial charge in [-0.2, -0.15) is 0 Å². The van der Waals surface area contributed by atoms with E-state index >= 15 is 0 Å². The first-order valence-corrected chi connectivity index (χ1v) is 7.49. The average molecular weight is 335 g/mol. The van der Waals surface area contributed by atoms with Crippen LogP contribution < -0.4 is 4.74 Å². The second-order valence-electron chi connectivity index (χ2n) is 4.94. The van der Waals surface area contributed by atoms with Gasteiger partial charge >= 0.3 is 0 Å². The molecule has 1 unspecified atom stereocenters. The molecule has 2 aromatic rings. The molecular formula is C17H19BrO2. The van der Waals surface area contributed by atoms with Gasteiger partial charge in [0.2, 0.25) is 0 Å². The number of aryl methyl sites for hydroxylation is 2. The van der Waals surface area contributed by atoms with Crippen LogP contribution in [0.3, 0.4) is 0 Å². The summed E-state index contributed by atoms with van der Waals surface area (Å²) in [6.07, 6.45) is -0.640. The van der Waals surface area contributed by atoms with Crippen molar-refractivity contribution in [3.8, 4) is 5.75 Å². The van der Waals surface area contributed by atoms with Crippen LogP contribution in [0, 0.1) is 13.8 Å². The summed E-state index contributed by atoms with van der Waals surface area (Å²) >= 11 is 3.51. The Morgan fingerprint density at radius 3 is 2.30 bits per heavy atom. The van der Waals surface area contributed by atoms with Gasteiger partial charge in [0.25, 0.3) is 0 Å². The van der Waals surface area contributed by atoms with Crippen LogP contribution in [0.15, 0.2) is 40.9 Å². The molecule has 2 rings (SSSR count). The van der Waals surface area contributed by atoms with E-state index < -0.39 is 6.10 Å². The molecule has 0 heterocycles. The molecule has 1 atom stereocenters. The van der Waals surface area contributed by atoms with E-state index in [-0.39, 0.29) is 0 Å². The molecule has 2 aromatic carbocycles. The van der Waals surface area contributed by atoms with Crippen LogP contribution in [0.2, 0.25) is 0 Å². The fourth-order valence-corrected chi connectivity index (χ4v) is 2.91. The number of benzene rings is 2. The van der Waals surface area contributed by atoms with E-state index in [1.807, 2.05) is 51.1 Å². The van der Waals surface area contributed by atoms with Gasteiger partial charge in [-0.3, -0.25) is 0 Å². The maximum atomic E-state index is 10.6. The third kappa shape index (κ3) is 3.41. The molecule has 0 aliphatic rings. The standard InChI is InChI=1S/C17H19BrO2/c1-4-20-14-5-6-15(16(18)10-14)17(19)13-8-11(2)7-12(3)9-13/h5-10,17,19H,4H2,1-3H3. The van der Waals surface area contributed by atoms with E-state index in [0.29, 0.717) is 6.61 Å². The molecule has 0 spiro atoms. The van der Waals surface area contributed by atoms with Gasteiger partial charge in [0, 0.05) is 4.47 Å². The van der Waals surface area contributed by atoms with Crippen LogP contribution in [0.4, 0.5) is 0 Å². The quantitative estimate of drug-likeness (QED) is 0.888. The van der Waals surface area contributed by atoms with Gasteiger partial charge in [-0.25, -0.2) is 0 Å². The van der Waals surface area contributed by atoms with E-state index in [0.717, 1.165) is 32.5 Å². The van der Waals surface area contributed by atoms with Crippen molar-refractivity contribution in [1.82, 2.24) is 0 Å². The van der Waals surface area contributed by atoms with Crippen molar-refractivity contribution in [1.29, 1.82) is 0 Å². The first kappa shape index (κ1) is 15.1. The number of hydrogen-bond donors (Lipinski definition) is 1. The largest absolute Gasteiger partial charge is 0.494 e. The highest BCUT2D eigenvalue weighted by Gasteiger charge is 2.15. The Morgan fingerprint density at radius 2 is 1.75 bits per heavy atom. The van der Waals surface area contributed by atoms with Crippen molar-refractivity contribution in [3.05, 3.63) is 63.1 Å². The molecule has 2 nitrogen and oxygen atoms in total. The molecule has 0 aliphatic heterocycles. The van der Waals surface area contributed by atoms with Crippen LogP contribution in [0.1, 0.15) is 35.3 Å². The Morgan fingerprint density at radius 1 is 1.10 bits per heavy atom. The zero-order valence-electron chi connectivity index (χ0n) is 12.0. The molecule has 1 N–H and O–H groups in total. The maximum absolute atomic E-state index is 10.6. The van der Waals surface area contributed by atoms with Crippen LogP contribution >= 0.6 is 15.9 Å². The van der Waals surface area contributed by atoms with Gasteiger partial charge < -0.3 is 9.84 Å². The van der Waals surface area contributed by atoms with Crippen LogP contribution in [-0.4, -0.2) is 11.7 Å². The Balaban J connectivity index is 2.35. The van der Waals surface area contributed by atoms with Crippen LogP contribution in [-0.2, 0) is 0 Å². The molecular weight excluding hydrogens is 316 g/mol. The molecule has 0 aromatic heterocycles. The van der Waals surface area contributed by atoms with Crippen molar-refractivity contribution in [3.63, 3.8) is 0 Å². The first-order valence-electron chi connectivity index (χ1n) is 6.69. The Hall–Kier alpha value is -1.32. The zero-order chi connectivity index (χ0) is 14.7. The number of aliphatic hydroxyl groups excluding tert-OH is 1. The minimum absolute atomic E-state index is 0.630. The van der Waals surface area contributed by atoms with E-state index in [2.05, 4.69) is 22.0 Å². The molecule has 0 amide bonds. The third-order valence-electron chi connectivity index (χ3n) is 3.14. The van der Waals surface area contributed by atoms with Gasteiger partial charge in [-0.1, -0.05) is 51.3 Å². The lowest BCUT2D eigenvalue weighted by Gasteiger charge is -2.16. The molecule has 3 heteroatoms. The Bertz CT molecular complexity index is 588. The number of aliphatic hydroxyl groups is 1. The third-order valence-corrected chi connectivity index (χ3v) is 3.82. The molecule has 106 valence electrons. The van der Waals surface area contributed by atoms with Crippen molar-refractivity contribution < 1.29 is 9.84 Å². The Labute approximate surface area is 128 Å². The van der Waals surface area contributed by atoms with Crippen molar-refractivity contribution in [2.24, 2.45) is 0 Å². The lowest BCUT2D eigenvalue weighted by molar-refractivity contribution is 0.219. The highest BCUT2D eigenvalue weighted by molar-refractivity contribution is 9.10. The molecule has 0 bridgehead atoms. The topological polar surface area (TPSA) is 29.5 Å². The van der Waals surface area contributed by atoms with Gasteiger partial charge in [-0.15, -0.1) is 0 Å². The number of halogens is 1. The predicted octanol–water partition coefficient (Wildman–Crippen LogP) is 4.55. The summed E-state index contributed by atoms with van der Waals surface area (Å²) in [6, 6.07) is 11.8. The number of hydrogen-bond acceptors (Lipinski definition) is 2. The summed E-state index contributed by atoms with van der Waals surface area (Å²) in [6.45, 7) is 6.66. The van der Waals surface area contributed by atoms with E-state index in [4.69, 9.17) is 4.74 Å². The summed E-state index contributed by atoms with van der Waals surface area (Å²) < 4.78 is 6.31. The van der Waals surface area contributed by atoms with Crippen LogP contribution in [0.25, 0.3) is 0 Å². The monoisotopic (exact) mass is 334 g/mol. The summed E-state index contributed by atoms with van der Waals surface area (Å²) in [4.78, 5) is 0. The van der Waals surface area contributed by atoms with Gasteiger partial charge in [0.1, 0.15) is 11.9 Å². The maximum Gasteiger partial charge on any atom is 0.120 e. The van der Waals surface area contributed by atoms with E-state index in [1.54, 1.807) is 0 Å². The van der Waals surface area contributed by atoms with Crippen molar-refractivity contribution in [2.45, 2.75) is 26.9 Å². The minimum Gasteiger partial charge on any atom is -0.494 e. The fourth-order valence-electron chi connectivity index (χ4n) is 2.33. The highest BCUT2D eigenvalue weighted by Crippen LogP contribution is 2.32. The summed E-state index contributed by atoms with van der Waals surface area (Å²) in [7, 11) is 0. The molecule has 0 aliphatic carbocycles. The highest BCUT2D eigenvalue weighted by atomic mass is 79.9. The summed E-state index contributed by atoms with van der Waals surface area (Å²) in [5.41, 5.74) is 4.06. The summed E-state index contributed by atoms with van der Waals surface area (Å²) in [5, 5.41) is 10.6. The van der Waals surface area contributed by atoms with E-state index in [1.165, 1.54) is 0 Å². The summed E-state index contributed by atoms with van der Waals surface area (Å²) in [5.74, 6) is 0.802. The van der Waals surface area contributed by atoms with Gasteiger partial charge in [0.05, 0.1) is 6.61 Å². The normalized spacial score (nSPS) is 12.2. The second kappa shape index (κ2) is 6.42. The zero-order valence-corrected chi connectivity index (χ0v) is 13.6. The SMILES string of the molecule is CCOc1ccc(C(O)c2cc(C)cc(C)c2)c(Br)c1. The van der Waals surface area contributed by atoms with Crippen LogP contribution in [0.5, 0.6) is 5.75 Å². The average Bonchev–Trinajstić information content (AvgIpc) is 2.37. The smallest absolute Gasteiger partial charge is 0.120 e. The minimum atomic E-state index is -0.640. The predicted molar refractivity (Wildman–Crippen MR) is 85.3 cm³/mol. The first-order chi connectivity index (χ1) is 9.51. The lowest BCUT2D eigenvalue weighted by Crippen LogP contribution is -2.02. The van der Waals surface area contributed by atoms with Crippen molar-refractivity contribution >= 4 is 15.9 Å². The second-order valence-corrected chi connectivity index (χ2v) is 5.79. The molecule has 0 radical (unpaired) electrons. The van der Waals surface area contributed by atoms with Gasteiger partial charge in [0.15, 0.2) is 0 Å². The Kier molecular flexibility index (Phi) is 4.84. The number of ether oxygens (including phenoxy) is 1. The van der Waals surface area contributed by atoms with Crippen molar-refractivity contribution in [2.75, 3.05) is 6.61 Å². The number of rotatable bonds is 4. The molecule has 0 fully saturated rings. The molecule has 0 saturated heterocycles. The van der Waals surface area contributed by atoms with E-state index in [9.17, 15) is 5.11 Å². The molecule has 20 heavy (non-hydrogen) atoms. The lowest BCUT2D eigenvalue weighted by atomic mass is 9.98. The molecule has 0 saturated carbocycles. The fraction of sp³-hybridized carbons (Fsp3) is 0.294.